The topological polar surface area (TPSA) is 67.3 Å². The number of ether oxygens (including phenoxy) is 1. The van der Waals surface area contributed by atoms with Crippen LogP contribution in [0.15, 0.2) is 36.4 Å². The summed E-state index contributed by atoms with van der Waals surface area (Å²) in [7, 11) is 1.58. The van der Waals surface area contributed by atoms with Crippen LogP contribution in [-0.4, -0.2) is 41.4 Å². The molecule has 2 N–H and O–H groups in total. The van der Waals surface area contributed by atoms with Crippen LogP contribution in [0.1, 0.15) is 0 Å². The monoisotopic (exact) mass is 293 g/mol. The number of nitrogens with one attached hydrogen (secondary N) is 1. The van der Waals surface area contributed by atoms with Gasteiger partial charge in [-0.2, -0.15) is 0 Å². The van der Waals surface area contributed by atoms with Crippen molar-refractivity contribution in [1.29, 1.82) is 0 Å². The molecule has 0 aliphatic heterocycles. The maximum absolute atomic E-state index is 9.26. The molecule has 0 radical (unpaired) electrons. The highest BCUT2D eigenvalue weighted by Gasteiger charge is 2.10. The Morgan fingerprint density at radius 3 is 2.70 bits per heavy atom. The second kappa shape index (κ2) is 7.19. The number of hydrogen-bond acceptors (Lipinski definition) is 5. The number of aliphatic hydroxyl groups is 1. The molecule has 0 amide bonds. The number of halogens is 1. The first-order chi connectivity index (χ1) is 9.72. The van der Waals surface area contributed by atoms with Crippen LogP contribution in [0.5, 0.6) is 0 Å². The second-order valence-electron chi connectivity index (χ2n) is 4.24. The van der Waals surface area contributed by atoms with E-state index in [4.69, 9.17) is 16.3 Å². The average molecular weight is 294 g/mol. The van der Waals surface area contributed by atoms with Crippen LogP contribution in [0.2, 0.25) is 5.15 Å². The minimum Gasteiger partial charge on any atom is -0.394 e. The van der Waals surface area contributed by atoms with Gasteiger partial charge in [-0.05, 0) is 0 Å². The van der Waals surface area contributed by atoms with Crippen molar-refractivity contribution in [1.82, 2.24) is 9.97 Å². The van der Waals surface area contributed by atoms with Crippen LogP contribution in [0.25, 0.3) is 11.4 Å². The molecule has 0 aliphatic rings. The summed E-state index contributed by atoms with van der Waals surface area (Å²) in [6.07, 6.45) is 0. The minimum absolute atomic E-state index is 0.0594. The molecule has 0 saturated heterocycles. The lowest BCUT2D eigenvalue weighted by molar-refractivity contribution is 0.153. The maximum atomic E-state index is 9.26. The zero-order valence-electron chi connectivity index (χ0n) is 11.1. The average Bonchev–Trinajstić information content (AvgIpc) is 2.47. The molecular formula is C14H16ClN3O2. The van der Waals surface area contributed by atoms with Gasteiger partial charge in [0.1, 0.15) is 11.0 Å². The van der Waals surface area contributed by atoms with E-state index in [-0.39, 0.29) is 12.6 Å². The molecule has 0 aliphatic carbocycles. The molecule has 5 nitrogen and oxygen atoms in total. The summed E-state index contributed by atoms with van der Waals surface area (Å²) in [5.41, 5.74) is 0.880. The third kappa shape index (κ3) is 3.90. The highest BCUT2D eigenvalue weighted by atomic mass is 35.5. The summed E-state index contributed by atoms with van der Waals surface area (Å²) >= 11 is 6.02. The first-order valence-corrected chi connectivity index (χ1v) is 6.57. The van der Waals surface area contributed by atoms with Crippen molar-refractivity contribution in [2.24, 2.45) is 0 Å². The number of rotatable bonds is 6. The van der Waals surface area contributed by atoms with Crippen LogP contribution in [0.3, 0.4) is 0 Å². The van der Waals surface area contributed by atoms with Crippen molar-refractivity contribution in [3.63, 3.8) is 0 Å². The number of benzene rings is 1. The predicted octanol–water partition coefficient (Wildman–Crippen LogP) is 2.22. The van der Waals surface area contributed by atoms with Gasteiger partial charge >= 0.3 is 0 Å². The SMILES string of the molecule is COCC(CO)Nc1cc(Cl)nc(-c2ccccc2)n1. The number of aromatic nitrogens is 2. The van der Waals surface area contributed by atoms with Crippen molar-refractivity contribution in [2.75, 3.05) is 25.6 Å². The van der Waals surface area contributed by atoms with Crippen molar-refractivity contribution in [3.8, 4) is 11.4 Å². The standard InChI is InChI=1S/C14H16ClN3O2/c1-20-9-11(8-19)16-13-7-12(15)17-14(18-13)10-5-3-2-4-6-10/h2-7,11,19H,8-9H2,1H3,(H,16,17,18). The fourth-order valence-corrected chi connectivity index (χ4v) is 1.94. The van der Waals surface area contributed by atoms with E-state index in [2.05, 4.69) is 15.3 Å². The lowest BCUT2D eigenvalue weighted by Crippen LogP contribution is -2.29. The Morgan fingerprint density at radius 1 is 1.30 bits per heavy atom. The molecule has 20 heavy (non-hydrogen) atoms. The summed E-state index contributed by atoms with van der Waals surface area (Å²) < 4.78 is 5.01. The van der Waals surface area contributed by atoms with E-state index in [0.717, 1.165) is 5.56 Å². The molecule has 1 unspecified atom stereocenters. The quantitative estimate of drug-likeness (QED) is 0.799. The van der Waals surface area contributed by atoms with Gasteiger partial charge < -0.3 is 15.2 Å². The molecule has 0 bridgehead atoms. The predicted molar refractivity (Wildman–Crippen MR) is 78.9 cm³/mol. The molecule has 0 saturated carbocycles. The molecule has 106 valence electrons. The second-order valence-corrected chi connectivity index (χ2v) is 4.63. The molecule has 2 aromatic rings. The van der Waals surface area contributed by atoms with E-state index >= 15 is 0 Å². The Labute approximate surface area is 122 Å². The van der Waals surface area contributed by atoms with Gasteiger partial charge in [-0.15, -0.1) is 0 Å². The van der Waals surface area contributed by atoms with Crippen molar-refractivity contribution >= 4 is 17.4 Å². The molecule has 0 spiro atoms. The summed E-state index contributed by atoms with van der Waals surface area (Å²) in [5.74, 6) is 1.09. The molecule has 1 aromatic heterocycles. The van der Waals surface area contributed by atoms with Crippen LogP contribution < -0.4 is 5.32 Å². The van der Waals surface area contributed by atoms with Gasteiger partial charge in [-0.1, -0.05) is 41.9 Å². The van der Waals surface area contributed by atoms with E-state index in [1.807, 2.05) is 30.3 Å². The van der Waals surface area contributed by atoms with Gasteiger partial charge in [0.15, 0.2) is 5.82 Å². The Bertz CT molecular complexity index is 551. The van der Waals surface area contributed by atoms with Gasteiger partial charge in [0, 0.05) is 18.7 Å². The normalized spacial score (nSPS) is 12.2. The molecule has 2 rings (SSSR count). The summed E-state index contributed by atoms with van der Waals surface area (Å²) in [6, 6.07) is 10.9. The fourth-order valence-electron chi connectivity index (χ4n) is 1.76. The molecule has 0 fully saturated rings. The smallest absolute Gasteiger partial charge is 0.163 e. The molecule has 1 heterocycles. The van der Waals surface area contributed by atoms with Crippen LogP contribution in [0.4, 0.5) is 5.82 Å². The summed E-state index contributed by atoms with van der Waals surface area (Å²) in [4.78, 5) is 8.60. The lowest BCUT2D eigenvalue weighted by atomic mass is 10.2. The molecule has 1 atom stereocenters. The van der Waals surface area contributed by atoms with E-state index in [9.17, 15) is 5.11 Å². The number of nitrogens with zero attached hydrogens (tertiary/aromatic N) is 2. The summed E-state index contributed by atoms with van der Waals surface area (Å²) in [5, 5.41) is 12.7. The fraction of sp³-hybridized carbons (Fsp3) is 0.286. The van der Waals surface area contributed by atoms with Gasteiger partial charge in [0.2, 0.25) is 0 Å². The number of hydrogen-bond donors (Lipinski definition) is 2. The highest BCUT2D eigenvalue weighted by Crippen LogP contribution is 2.20. The van der Waals surface area contributed by atoms with Gasteiger partial charge in [-0.3, -0.25) is 0 Å². The lowest BCUT2D eigenvalue weighted by Gasteiger charge is -2.16. The minimum atomic E-state index is -0.241. The third-order valence-corrected chi connectivity index (χ3v) is 2.86. The Balaban J connectivity index is 2.25. The van der Waals surface area contributed by atoms with E-state index < -0.39 is 0 Å². The van der Waals surface area contributed by atoms with Crippen LogP contribution in [-0.2, 0) is 4.74 Å². The maximum Gasteiger partial charge on any atom is 0.163 e. The van der Waals surface area contributed by atoms with Crippen molar-refractivity contribution in [3.05, 3.63) is 41.6 Å². The largest absolute Gasteiger partial charge is 0.394 e. The molecule has 6 heteroatoms. The van der Waals surface area contributed by atoms with Gasteiger partial charge in [-0.25, -0.2) is 9.97 Å². The van der Waals surface area contributed by atoms with E-state index in [1.165, 1.54) is 0 Å². The van der Waals surface area contributed by atoms with Gasteiger partial charge in [0.25, 0.3) is 0 Å². The van der Waals surface area contributed by atoms with Crippen molar-refractivity contribution < 1.29 is 9.84 Å². The zero-order valence-corrected chi connectivity index (χ0v) is 11.8. The van der Waals surface area contributed by atoms with Crippen molar-refractivity contribution in [2.45, 2.75) is 6.04 Å². The van der Waals surface area contributed by atoms with Crippen LogP contribution >= 0.6 is 11.6 Å². The Kier molecular flexibility index (Phi) is 5.29. The molecular weight excluding hydrogens is 278 g/mol. The molecule has 1 aromatic carbocycles. The number of aliphatic hydroxyl groups excluding tert-OH is 1. The highest BCUT2D eigenvalue weighted by molar-refractivity contribution is 6.29. The first kappa shape index (κ1) is 14.7. The Hall–Kier alpha value is -1.69. The van der Waals surface area contributed by atoms with Crippen LogP contribution in [0, 0.1) is 0 Å². The van der Waals surface area contributed by atoms with E-state index in [0.29, 0.717) is 23.4 Å². The van der Waals surface area contributed by atoms with E-state index in [1.54, 1.807) is 13.2 Å². The number of anilines is 1. The first-order valence-electron chi connectivity index (χ1n) is 6.19. The van der Waals surface area contributed by atoms with Gasteiger partial charge in [0.05, 0.1) is 19.3 Å². The zero-order chi connectivity index (χ0) is 14.4. The Morgan fingerprint density at radius 2 is 2.05 bits per heavy atom. The summed E-state index contributed by atoms with van der Waals surface area (Å²) in [6.45, 7) is 0.314. The third-order valence-electron chi connectivity index (χ3n) is 2.67. The number of methoxy groups -OCH3 is 1.